The Morgan fingerprint density at radius 3 is 2.81 bits per heavy atom. The van der Waals surface area contributed by atoms with Gasteiger partial charge in [0.05, 0.1) is 12.9 Å². The second-order valence-electron chi connectivity index (χ2n) is 3.32. The van der Waals surface area contributed by atoms with Gasteiger partial charge in [0.2, 0.25) is 10.0 Å². The molecule has 0 aliphatic carbocycles. The van der Waals surface area contributed by atoms with Gasteiger partial charge in [-0.15, -0.1) is 0 Å². The number of hydrogen-bond acceptors (Lipinski definition) is 4. The largest absolute Gasteiger partial charge is 0.492 e. The lowest BCUT2D eigenvalue weighted by atomic mass is 10.2. The highest BCUT2D eigenvalue weighted by molar-refractivity contribution is 7.88. The topological polar surface area (TPSA) is 75.6 Å². The zero-order valence-electron chi connectivity index (χ0n) is 9.01. The van der Waals surface area contributed by atoms with Gasteiger partial charge in [0.1, 0.15) is 12.4 Å². The van der Waals surface area contributed by atoms with E-state index in [0.717, 1.165) is 11.8 Å². The summed E-state index contributed by atoms with van der Waals surface area (Å²) in [6.45, 7) is 0.433. The Balaban J connectivity index is 2.37. The summed E-state index contributed by atoms with van der Waals surface area (Å²) in [4.78, 5) is 0. The summed E-state index contributed by atoms with van der Waals surface area (Å²) in [6.07, 6.45) is 1.10. The summed E-state index contributed by atoms with van der Waals surface area (Å²) >= 11 is 0. The van der Waals surface area contributed by atoms with Gasteiger partial charge in [0, 0.05) is 6.54 Å². The third-order valence-corrected chi connectivity index (χ3v) is 2.54. The van der Waals surface area contributed by atoms with Crippen LogP contribution in [0.5, 0.6) is 5.75 Å². The smallest absolute Gasteiger partial charge is 0.208 e. The fraction of sp³-hybridized carbons (Fsp3) is 0.400. The minimum absolute atomic E-state index is 0.0429. The van der Waals surface area contributed by atoms with E-state index in [4.69, 9.17) is 9.84 Å². The SMILES string of the molecule is CS(=O)(=O)NCCOc1cccc(CO)c1. The van der Waals surface area contributed by atoms with E-state index >= 15 is 0 Å². The molecule has 90 valence electrons. The molecule has 2 N–H and O–H groups in total. The molecule has 0 fully saturated rings. The molecule has 0 saturated carbocycles. The van der Waals surface area contributed by atoms with Crippen molar-refractivity contribution in [1.29, 1.82) is 0 Å². The first-order chi connectivity index (χ1) is 7.51. The van der Waals surface area contributed by atoms with Crippen LogP contribution in [0.3, 0.4) is 0 Å². The zero-order valence-corrected chi connectivity index (χ0v) is 9.83. The molecule has 0 spiro atoms. The maximum absolute atomic E-state index is 10.7. The minimum atomic E-state index is -3.16. The lowest BCUT2D eigenvalue weighted by Gasteiger charge is -2.07. The molecule has 5 nitrogen and oxygen atoms in total. The second kappa shape index (κ2) is 5.83. The molecule has 0 aliphatic heterocycles. The average molecular weight is 245 g/mol. The Hall–Kier alpha value is -1.11. The first kappa shape index (κ1) is 13.0. The number of aliphatic hydroxyl groups excluding tert-OH is 1. The fourth-order valence-corrected chi connectivity index (χ4v) is 1.58. The highest BCUT2D eigenvalue weighted by atomic mass is 32.2. The molecule has 0 bridgehead atoms. The molecule has 0 amide bonds. The molecule has 0 radical (unpaired) electrons. The van der Waals surface area contributed by atoms with Gasteiger partial charge in [-0.3, -0.25) is 0 Å². The normalized spacial score (nSPS) is 11.4. The highest BCUT2D eigenvalue weighted by Crippen LogP contribution is 2.12. The van der Waals surface area contributed by atoms with E-state index in [-0.39, 0.29) is 19.8 Å². The van der Waals surface area contributed by atoms with Crippen molar-refractivity contribution in [2.24, 2.45) is 0 Å². The molecule has 0 aromatic heterocycles. The summed E-state index contributed by atoms with van der Waals surface area (Å²) in [7, 11) is -3.16. The maximum Gasteiger partial charge on any atom is 0.208 e. The second-order valence-corrected chi connectivity index (χ2v) is 5.15. The third kappa shape index (κ3) is 5.11. The number of benzene rings is 1. The minimum Gasteiger partial charge on any atom is -0.492 e. The lowest BCUT2D eigenvalue weighted by Crippen LogP contribution is -2.26. The van der Waals surface area contributed by atoms with Crippen molar-refractivity contribution in [1.82, 2.24) is 4.72 Å². The Morgan fingerprint density at radius 2 is 2.19 bits per heavy atom. The Bertz CT molecular complexity index is 430. The molecule has 1 aromatic carbocycles. The summed E-state index contributed by atoms with van der Waals surface area (Å²) in [5, 5.41) is 8.89. The van der Waals surface area contributed by atoms with Crippen LogP contribution in [-0.2, 0) is 16.6 Å². The number of ether oxygens (including phenoxy) is 1. The molecule has 0 heterocycles. The predicted molar refractivity (Wildman–Crippen MR) is 60.7 cm³/mol. The molecule has 0 aliphatic rings. The van der Waals surface area contributed by atoms with Crippen LogP contribution in [0, 0.1) is 0 Å². The van der Waals surface area contributed by atoms with Crippen molar-refractivity contribution in [3.8, 4) is 5.75 Å². The Kier molecular flexibility index (Phi) is 4.72. The van der Waals surface area contributed by atoms with Crippen molar-refractivity contribution < 1.29 is 18.3 Å². The zero-order chi connectivity index (χ0) is 12.0. The van der Waals surface area contributed by atoms with Crippen LogP contribution in [-0.4, -0.2) is 32.9 Å². The first-order valence-corrected chi connectivity index (χ1v) is 6.67. The van der Waals surface area contributed by atoms with E-state index in [9.17, 15) is 8.42 Å². The van der Waals surface area contributed by atoms with Gasteiger partial charge in [0.25, 0.3) is 0 Å². The van der Waals surface area contributed by atoms with Gasteiger partial charge in [-0.1, -0.05) is 12.1 Å². The first-order valence-electron chi connectivity index (χ1n) is 4.78. The van der Waals surface area contributed by atoms with Crippen LogP contribution in [0.25, 0.3) is 0 Å². The standard InChI is InChI=1S/C10H15NO4S/c1-16(13,14)11-5-6-15-10-4-2-3-9(7-10)8-12/h2-4,7,11-12H,5-6,8H2,1H3. The molecular weight excluding hydrogens is 230 g/mol. The molecule has 0 saturated heterocycles. The summed E-state index contributed by atoms with van der Waals surface area (Å²) < 4.78 is 29.1. The number of sulfonamides is 1. The molecule has 16 heavy (non-hydrogen) atoms. The summed E-state index contributed by atoms with van der Waals surface area (Å²) in [6, 6.07) is 7.01. The number of rotatable bonds is 6. The number of hydrogen-bond donors (Lipinski definition) is 2. The summed E-state index contributed by atoms with van der Waals surface area (Å²) in [5.74, 6) is 0.613. The number of aliphatic hydroxyl groups is 1. The van der Waals surface area contributed by atoms with Crippen LogP contribution in [0.15, 0.2) is 24.3 Å². The molecule has 1 rings (SSSR count). The predicted octanol–water partition coefficient (Wildman–Crippen LogP) is 0.107. The molecular formula is C10H15NO4S. The monoisotopic (exact) mass is 245 g/mol. The van der Waals surface area contributed by atoms with Crippen LogP contribution < -0.4 is 9.46 Å². The number of nitrogens with one attached hydrogen (secondary N) is 1. The molecule has 6 heteroatoms. The molecule has 0 atom stereocenters. The van der Waals surface area contributed by atoms with Crippen molar-refractivity contribution in [2.45, 2.75) is 6.61 Å². The van der Waals surface area contributed by atoms with Crippen LogP contribution in [0.2, 0.25) is 0 Å². The van der Waals surface area contributed by atoms with Crippen LogP contribution >= 0.6 is 0 Å². The van der Waals surface area contributed by atoms with Gasteiger partial charge in [-0.05, 0) is 17.7 Å². The highest BCUT2D eigenvalue weighted by Gasteiger charge is 2.00. The molecule has 0 unspecified atom stereocenters. The van der Waals surface area contributed by atoms with Gasteiger partial charge in [-0.25, -0.2) is 13.1 Å². The van der Waals surface area contributed by atoms with Gasteiger partial charge in [-0.2, -0.15) is 0 Å². The maximum atomic E-state index is 10.7. The Morgan fingerprint density at radius 1 is 1.44 bits per heavy atom. The lowest BCUT2D eigenvalue weighted by molar-refractivity contribution is 0.279. The van der Waals surface area contributed by atoms with Crippen molar-refractivity contribution in [2.75, 3.05) is 19.4 Å². The summed E-state index contributed by atoms with van der Waals surface area (Å²) in [5.41, 5.74) is 0.758. The van der Waals surface area contributed by atoms with E-state index < -0.39 is 10.0 Å². The van der Waals surface area contributed by atoms with Gasteiger partial charge in [0.15, 0.2) is 0 Å². The van der Waals surface area contributed by atoms with Crippen molar-refractivity contribution in [3.63, 3.8) is 0 Å². The van der Waals surface area contributed by atoms with Gasteiger partial charge < -0.3 is 9.84 Å². The van der Waals surface area contributed by atoms with Crippen LogP contribution in [0.1, 0.15) is 5.56 Å². The average Bonchev–Trinajstić information content (AvgIpc) is 2.23. The van der Waals surface area contributed by atoms with E-state index in [2.05, 4.69) is 4.72 Å². The van der Waals surface area contributed by atoms with Gasteiger partial charge >= 0.3 is 0 Å². The van der Waals surface area contributed by atoms with Crippen molar-refractivity contribution >= 4 is 10.0 Å². The van der Waals surface area contributed by atoms with Crippen LogP contribution in [0.4, 0.5) is 0 Å². The van der Waals surface area contributed by atoms with Crippen molar-refractivity contribution in [3.05, 3.63) is 29.8 Å². The van der Waals surface area contributed by atoms with E-state index in [1.54, 1.807) is 24.3 Å². The quantitative estimate of drug-likeness (QED) is 0.697. The van der Waals surface area contributed by atoms with E-state index in [1.165, 1.54) is 0 Å². The molecule has 1 aromatic rings. The van der Waals surface area contributed by atoms with E-state index in [1.807, 2.05) is 0 Å². The Labute approximate surface area is 95.1 Å². The third-order valence-electron chi connectivity index (χ3n) is 1.82. The van der Waals surface area contributed by atoms with E-state index in [0.29, 0.717) is 5.75 Å². The fourth-order valence-electron chi connectivity index (χ4n) is 1.13.